The van der Waals surface area contributed by atoms with Gasteiger partial charge in [-0.3, -0.25) is 4.79 Å². The number of H-pyrrole nitrogens is 1. The van der Waals surface area contributed by atoms with Crippen molar-refractivity contribution >= 4 is 22.6 Å². The van der Waals surface area contributed by atoms with Gasteiger partial charge in [0, 0.05) is 43.3 Å². The van der Waals surface area contributed by atoms with Gasteiger partial charge in [0.25, 0.3) is 5.91 Å². The van der Waals surface area contributed by atoms with Crippen LogP contribution in [0.1, 0.15) is 41.4 Å². The number of aromatic nitrogens is 2. The molecule has 1 aliphatic heterocycles. The van der Waals surface area contributed by atoms with E-state index in [0.717, 1.165) is 11.1 Å². The van der Waals surface area contributed by atoms with Crippen LogP contribution in [-0.4, -0.2) is 54.1 Å². The highest BCUT2D eigenvalue weighted by Gasteiger charge is 2.27. The minimum atomic E-state index is -0.341. The number of para-hydroxylation sites is 1. The molecule has 7 nitrogen and oxygen atoms in total. The van der Waals surface area contributed by atoms with Gasteiger partial charge >= 0.3 is 0 Å². The predicted molar refractivity (Wildman–Crippen MR) is 141 cm³/mol. The molecule has 3 heterocycles. The molecule has 37 heavy (non-hydrogen) atoms. The molecule has 1 N–H and O–H groups in total. The second kappa shape index (κ2) is 9.94. The number of aromatic amines is 1. The molecule has 5 rings (SSSR count). The second-order valence-corrected chi connectivity index (χ2v) is 9.42. The number of pyridine rings is 1. The van der Waals surface area contributed by atoms with Crippen molar-refractivity contribution in [3.63, 3.8) is 0 Å². The Hall–Kier alpha value is -4.38. The molecule has 0 unspecified atom stereocenters. The molecule has 0 saturated carbocycles. The van der Waals surface area contributed by atoms with Gasteiger partial charge in [-0.25, -0.2) is 9.37 Å². The number of hydrogen-bond donors (Lipinski definition) is 1. The molecule has 0 bridgehead atoms. The molecule has 0 atom stereocenters. The van der Waals surface area contributed by atoms with Gasteiger partial charge in [-0.05, 0) is 47.4 Å². The van der Waals surface area contributed by atoms with E-state index in [1.807, 2.05) is 49.1 Å². The summed E-state index contributed by atoms with van der Waals surface area (Å²) in [6.45, 7) is 5.93. The van der Waals surface area contributed by atoms with Gasteiger partial charge in [-0.15, -0.1) is 0 Å². The summed E-state index contributed by atoms with van der Waals surface area (Å²) in [5.74, 6) is 0.743. The highest BCUT2D eigenvalue weighted by molar-refractivity contribution is 6.04. The zero-order valence-electron chi connectivity index (χ0n) is 21.1. The lowest BCUT2D eigenvalue weighted by molar-refractivity contribution is 0.0741. The van der Waals surface area contributed by atoms with Gasteiger partial charge in [0.15, 0.2) is 5.82 Å². The number of rotatable bonds is 5. The molecule has 2 aromatic carbocycles. The highest BCUT2D eigenvalue weighted by Crippen LogP contribution is 2.39. The van der Waals surface area contributed by atoms with E-state index in [9.17, 15) is 10.1 Å². The topological polar surface area (TPSA) is 85.2 Å². The third kappa shape index (κ3) is 4.38. The van der Waals surface area contributed by atoms with E-state index in [2.05, 4.69) is 16.0 Å². The summed E-state index contributed by atoms with van der Waals surface area (Å²) in [5, 5.41) is 10.0. The van der Waals surface area contributed by atoms with Crippen molar-refractivity contribution in [3.05, 3.63) is 77.4 Å². The van der Waals surface area contributed by atoms with Crippen LogP contribution in [0.4, 0.5) is 10.2 Å². The number of nitriles is 1. The minimum Gasteiger partial charge on any atom is -0.496 e. The van der Waals surface area contributed by atoms with Crippen molar-refractivity contribution in [3.8, 4) is 22.9 Å². The van der Waals surface area contributed by atoms with Crippen molar-refractivity contribution in [2.24, 2.45) is 0 Å². The molecular weight excluding hydrogens is 469 g/mol. The Morgan fingerprint density at radius 3 is 2.57 bits per heavy atom. The first-order valence-electron chi connectivity index (χ1n) is 12.3. The number of nitrogens with one attached hydrogen (secondary N) is 1. The van der Waals surface area contributed by atoms with Crippen molar-refractivity contribution in [1.29, 1.82) is 5.26 Å². The van der Waals surface area contributed by atoms with Gasteiger partial charge in [-0.1, -0.05) is 32.0 Å². The van der Waals surface area contributed by atoms with Crippen LogP contribution < -0.4 is 9.64 Å². The SMILES string of the molecule is COc1ccccc1-c1cc(C(C)C)c(F)c2[nH]c(C(=O)N3CCN(c4ncccc4C#N)CC3)cc12. The molecule has 0 radical (unpaired) electrons. The molecule has 1 aliphatic rings. The number of halogens is 1. The smallest absolute Gasteiger partial charge is 0.270 e. The van der Waals surface area contributed by atoms with E-state index < -0.39 is 0 Å². The van der Waals surface area contributed by atoms with Crippen molar-refractivity contribution < 1.29 is 13.9 Å². The van der Waals surface area contributed by atoms with Crippen molar-refractivity contribution in [2.75, 3.05) is 38.2 Å². The van der Waals surface area contributed by atoms with Crippen LogP contribution in [0.25, 0.3) is 22.0 Å². The van der Waals surface area contributed by atoms with E-state index in [0.29, 0.717) is 65.5 Å². The number of nitrogens with zero attached hydrogens (tertiary/aromatic N) is 4. The predicted octanol–water partition coefficient (Wildman–Crippen LogP) is 5.34. The number of anilines is 1. The van der Waals surface area contributed by atoms with E-state index in [4.69, 9.17) is 4.74 Å². The largest absolute Gasteiger partial charge is 0.496 e. The number of amides is 1. The number of benzene rings is 2. The summed E-state index contributed by atoms with van der Waals surface area (Å²) in [4.78, 5) is 24.7. The molecule has 1 saturated heterocycles. The lowest BCUT2D eigenvalue weighted by Crippen LogP contribution is -2.49. The molecule has 0 aliphatic carbocycles. The monoisotopic (exact) mass is 497 g/mol. The first-order chi connectivity index (χ1) is 17.9. The number of piperazine rings is 1. The zero-order chi connectivity index (χ0) is 26.1. The Bertz CT molecular complexity index is 1510. The van der Waals surface area contributed by atoms with Crippen LogP contribution in [0.2, 0.25) is 0 Å². The lowest BCUT2D eigenvalue weighted by Gasteiger charge is -2.35. The van der Waals surface area contributed by atoms with E-state index in [-0.39, 0.29) is 17.6 Å². The Labute approximate surface area is 215 Å². The van der Waals surface area contributed by atoms with Gasteiger partial charge in [-0.2, -0.15) is 5.26 Å². The number of carbonyl (C=O) groups is 1. The Kier molecular flexibility index (Phi) is 6.53. The maximum atomic E-state index is 15.6. The maximum Gasteiger partial charge on any atom is 0.270 e. The Morgan fingerprint density at radius 2 is 1.86 bits per heavy atom. The Balaban J connectivity index is 1.48. The fraction of sp³-hybridized carbons (Fsp3) is 0.276. The minimum absolute atomic E-state index is 0.0433. The van der Waals surface area contributed by atoms with Crippen molar-refractivity contribution in [2.45, 2.75) is 19.8 Å². The summed E-state index contributed by atoms with van der Waals surface area (Å²) < 4.78 is 21.2. The molecular formula is C29H28FN5O2. The molecule has 1 fully saturated rings. The number of carbonyl (C=O) groups excluding carboxylic acids is 1. The average Bonchev–Trinajstić information content (AvgIpc) is 3.39. The number of fused-ring (bicyclic) bond motifs is 1. The van der Waals surface area contributed by atoms with Crippen molar-refractivity contribution in [1.82, 2.24) is 14.9 Å². The molecule has 0 spiro atoms. The molecule has 1 amide bonds. The van der Waals surface area contributed by atoms with Gasteiger partial charge in [0.05, 0.1) is 18.2 Å². The highest BCUT2D eigenvalue weighted by atomic mass is 19.1. The van der Waals surface area contributed by atoms with Crippen LogP contribution in [0.3, 0.4) is 0 Å². The van der Waals surface area contributed by atoms with E-state index >= 15 is 4.39 Å². The number of ether oxygens (including phenoxy) is 1. The van der Waals surface area contributed by atoms with Gasteiger partial charge < -0.3 is 19.5 Å². The maximum absolute atomic E-state index is 15.6. The van der Waals surface area contributed by atoms with E-state index in [1.54, 1.807) is 36.4 Å². The standard InChI is InChI=1S/C29H28FN5O2/c1-18(2)21-15-22(20-8-4-5-9-25(20)37-3)23-16-24(33-27(23)26(21)30)29(36)35-13-11-34(12-14-35)28-19(17-31)7-6-10-32-28/h4-10,15-16,18,33H,11-14H2,1-3H3. The third-order valence-electron chi connectivity index (χ3n) is 6.90. The first kappa shape index (κ1) is 24.3. The van der Waals surface area contributed by atoms with Crippen LogP contribution in [-0.2, 0) is 0 Å². The molecule has 4 aromatic rings. The average molecular weight is 498 g/mol. The normalized spacial score (nSPS) is 13.7. The van der Waals surface area contributed by atoms with Crippen LogP contribution >= 0.6 is 0 Å². The fourth-order valence-electron chi connectivity index (χ4n) is 4.93. The zero-order valence-corrected chi connectivity index (χ0v) is 21.1. The summed E-state index contributed by atoms with van der Waals surface area (Å²) in [6.07, 6.45) is 1.66. The summed E-state index contributed by atoms with van der Waals surface area (Å²) in [7, 11) is 1.61. The van der Waals surface area contributed by atoms with Gasteiger partial charge in [0.1, 0.15) is 23.3 Å². The number of methoxy groups -OCH3 is 1. The molecule has 8 heteroatoms. The summed E-state index contributed by atoms with van der Waals surface area (Å²) in [5.41, 5.74) is 3.41. The quantitative estimate of drug-likeness (QED) is 0.403. The molecule has 188 valence electrons. The fourth-order valence-corrected chi connectivity index (χ4v) is 4.93. The third-order valence-corrected chi connectivity index (χ3v) is 6.90. The summed E-state index contributed by atoms with van der Waals surface area (Å²) >= 11 is 0. The number of hydrogen-bond acceptors (Lipinski definition) is 5. The van der Waals surface area contributed by atoms with Gasteiger partial charge in [0.2, 0.25) is 0 Å². The van der Waals surface area contributed by atoms with Crippen LogP contribution in [0, 0.1) is 17.1 Å². The van der Waals surface area contributed by atoms with E-state index in [1.165, 1.54) is 0 Å². The van der Waals surface area contributed by atoms with Crippen LogP contribution in [0.15, 0.2) is 54.7 Å². The second-order valence-electron chi connectivity index (χ2n) is 9.42. The van der Waals surface area contributed by atoms with Crippen LogP contribution in [0.5, 0.6) is 5.75 Å². The summed E-state index contributed by atoms with van der Waals surface area (Å²) in [6, 6.07) is 16.9. The molecule has 2 aromatic heterocycles. The first-order valence-corrected chi connectivity index (χ1v) is 12.3. The Morgan fingerprint density at radius 1 is 1.11 bits per heavy atom. The lowest BCUT2D eigenvalue weighted by atomic mass is 9.93.